The molecule has 1 atom stereocenters. The summed E-state index contributed by atoms with van der Waals surface area (Å²) < 4.78 is 18.0. The number of ether oxygens (including phenoxy) is 1. The van der Waals surface area contributed by atoms with Crippen molar-refractivity contribution in [3.8, 4) is 0 Å². The van der Waals surface area contributed by atoms with Gasteiger partial charge in [0, 0.05) is 11.7 Å². The number of benzene rings is 1. The molecule has 0 spiro atoms. The molecule has 4 heteroatoms. The van der Waals surface area contributed by atoms with Crippen LogP contribution >= 0.6 is 0 Å². The molecule has 1 unspecified atom stereocenters. The van der Waals surface area contributed by atoms with Crippen LogP contribution in [0, 0.1) is 11.2 Å². The Kier molecular flexibility index (Phi) is 3.28. The highest BCUT2D eigenvalue weighted by molar-refractivity contribution is 5.90. The van der Waals surface area contributed by atoms with Gasteiger partial charge >= 0.3 is 5.97 Å². The highest BCUT2D eigenvalue weighted by atomic mass is 19.1. The summed E-state index contributed by atoms with van der Waals surface area (Å²) in [4.78, 5) is 11.4. The summed E-state index contributed by atoms with van der Waals surface area (Å²) in [5, 5.41) is 3.32. The van der Waals surface area contributed by atoms with Crippen LogP contribution in [-0.2, 0) is 4.74 Å². The van der Waals surface area contributed by atoms with Crippen molar-refractivity contribution in [2.45, 2.75) is 32.7 Å². The van der Waals surface area contributed by atoms with Crippen LogP contribution in [0.25, 0.3) is 0 Å². The Morgan fingerprint density at radius 3 is 2.72 bits per heavy atom. The van der Waals surface area contributed by atoms with E-state index < -0.39 is 11.8 Å². The quantitative estimate of drug-likeness (QED) is 0.835. The van der Waals surface area contributed by atoms with E-state index in [-0.39, 0.29) is 5.56 Å². The van der Waals surface area contributed by atoms with Crippen molar-refractivity contribution in [3.63, 3.8) is 0 Å². The van der Waals surface area contributed by atoms with Crippen molar-refractivity contribution < 1.29 is 13.9 Å². The highest BCUT2D eigenvalue weighted by Gasteiger charge is 2.42. The van der Waals surface area contributed by atoms with E-state index in [4.69, 9.17) is 0 Å². The lowest BCUT2D eigenvalue weighted by atomic mass is 10.0. The Bertz CT molecular complexity index is 469. The summed E-state index contributed by atoms with van der Waals surface area (Å²) in [6.07, 6.45) is 2.40. The third kappa shape index (κ3) is 2.47. The molecule has 18 heavy (non-hydrogen) atoms. The van der Waals surface area contributed by atoms with Crippen molar-refractivity contribution in [2.24, 2.45) is 5.41 Å². The maximum absolute atomic E-state index is 13.5. The molecule has 1 aromatic carbocycles. The Hall–Kier alpha value is -1.58. The fraction of sp³-hybridized carbons (Fsp3) is 0.500. The van der Waals surface area contributed by atoms with Crippen LogP contribution in [0.5, 0.6) is 0 Å². The first kappa shape index (κ1) is 12.9. The number of hydrogen-bond donors (Lipinski definition) is 1. The molecule has 1 aliphatic rings. The Labute approximate surface area is 106 Å². The summed E-state index contributed by atoms with van der Waals surface area (Å²) >= 11 is 0. The number of carbonyl (C=O) groups is 1. The molecule has 1 aliphatic carbocycles. The average molecular weight is 251 g/mol. The monoisotopic (exact) mass is 251 g/mol. The average Bonchev–Trinajstić information content (AvgIpc) is 3.10. The number of methoxy groups -OCH3 is 1. The zero-order valence-corrected chi connectivity index (χ0v) is 10.9. The minimum atomic E-state index is -0.651. The predicted octanol–water partition coefficient (Wildman–Crippen LogP) is 3.21. The molecule has 0 radical (unpaired) electrons. The van der Waals surface area contributed by atoms with Gasteiger partial charge in [-0.2, -0.15) is 0 Å². The lowest BCUT2D eigenvalue weighted by Gasteiger charge is -2.21. The van der Waals surface area contributed by atoms with Gasteiger partial charge in [-0.25, -0.2) is 9.18 Å². The van der Waals surface area contributed by atoms with Crippen LogP contribution in [-0.4, -0.2) is 19.1 Å². The third-order valence-electron chi connectivity index (χ3n) is 3.84. The van der Waals surface area contributed by atoms with Crippen LogP contribution in [0.3, 0.4) is 0 Å². The molecular weight excluding hydrogens is 233 g/mol. The summed E-state index contributed by atoms with van der Waals surface area (Å²) in [6.45, 7) is 4.32. The molecule has 98 valence electrons. The van der Waals surface area contributed by atoms with Gasteiger partial charge in [-0.15, -0.1) is 0 Å². The normalized spacial score (nSPS) is 18.0. The second-order valence-corrected chi connectivity index (χ2v) is 5.21. The smallest absolute Gasteiger partial charge is 0.340 e. The number of carbonyl (C=O) groups excluding carboxylic acids is 1. The van der Waals surface area contributed by atoms with Gasteiger partial charge in [0.25, 0.3) is 0 Å². The van der Waals surface area contributed by atoms with Crippen LogP contribution < -0.4 is 5.32 Å². The van der Waals surface area contributed by atoms with E-state index in [9.17, 15) is 9.18 Å². The molecule has 1 fully saturated rings. The molecule has 1 aromatic rings. The van der Waals surface area contributed by atoms with E-state index in [1.165, 1.54) is 32.1 Å². The van der Waals surface area contributed by atoms with Gasteiger partial charge in [0.1, 0.15) is 5.82 Å². The summed E-state index contributed by atoms with van der Waals surface area (Å²) in [5.74, 6) is -1.21. The maximum Gasteiger partial charge on any atom is 0.340 e. The molecule has 0 aliphatic heterocycles. The standard InChI is InChI=1S/C14H18FNO2/c1-9(14(2)6-7-14)16-10-4-5-12(15)11(8-10)13(17)18-3/h4-5,8-9,16H,6-7H2,1-3H3. The summed E-state index contributed by atoms with van der Waals surface area (Å²) in [7, 11) is 1.25. The van der Waals surface area contributed by atoms with Crippen LogP contribution in [0.15, 0.2) is 18.2 Å². The fourth-order valence-corrected chi connectivity index (χ4v) is 1.94. The third-order valence-corrected chi connectivity index (χ3v) is 3.84. The molecule has 0 saturated heterocycles. The summed E-state index contributed by atoms with van der Waals surface area (Å²) in [5.41, 5.74) is 1.04. The van der Waals surface area contributed by atoms with Crippen molar-refractivity contribution in [1.82, 2.24) is 0 Å². The number of hydrogen-bond acceptors (Lipinski definition) is 3. The van der Waals surface area contributed by atoms with Gasteiger partial charge in [0.2, 0.25) is 0 Å². The van der Waals surface area contributed by atoms with Crippen molar-refractivity contribution in [2.75, 3.05) is 12.4 Å². The zero-order valence-electron chi connectivity index (χ0n) is 10.9. The molecule has 0 aromatic heterocycles. The SMILES string of the molecule is COC(=O)c1cc(NC(C)C2(C)CC2)ccc1F. The van der Waals surface area contributed by atoms with Gasteiger partial charge in [-0.1, -0.05) is 6.92 Å². The topological polar surface area (TPSA) is 38.3 Å². The predicted molar refractivity (Wildman–Crippen MR) is 68.2 cm³/mol. The fourth-order valence-electron chi connectivity index (χ4n) is 1.94. The number of halogens is 1. The lowest BCUT2D eigenvalue weighted by Crippen LogP contribution is -2.25. The zero-order chi connectivity index (χ0) is 13.3. The number of nitrogens with one attached hydrogen (secondary N) is 1. The largest absolute Gasteiger partial charge is 0.465 e. The van der Waals surface area contributed by atoms with Gasteiger partial charge in [0.05, 0.1) is 12.7 Å². The maximum atomic E-state index is 13.5. The number of anilines is 1. The number of esters is 1. The van der Waals surface area contributed by atoms with Crippen LogP contribution in [0.1, 0.15) is 37.0 Å². The molecule has 2 rings (SSSR count). The van der Waals surface area contributed by atoms with E-state index in [0.717, 1.165) is 5.69 Å². The molecule has 0 bridgehead atoms. The van der Waals surface area contributed by atoms with Gasteiger partial charge in [0.15, 0.2) is 0 Å². The first-order valence-electron chi connectivity index (χ1n) is 6.11. The van der Waals surface area contributed by atoms with Crippen molar-refractivity contribution in [3.05, 3.63) is 29.6 Å². The Morgan fingerprint density at radius 2 is 2.17 bits per heavy atom. The van der Waals surface area contributed by atoms with E-state index in [0.29, 0.717) is 11.5 Å². The van der Waals surface area contributed by atoms with Crippen LogP contribution in [0.4, 0.5) is 10.1 Å². The number of rotatable bonds is 4. The van der Waals surface area contributed by atoms with Crippen molar-refractivity contribution >= 4 is 11.7 Å². The second kappa shape index (κ2) is 4.59. The first-order valence-corrected chi connectivity index (χ1v) is 6.11. The molecule has 3 nitrogen and oxygen atoms in total. The van der Waals surface area contributed by atoms with E-state index >= 15 is 0 Å². The van der Waals surface area contributed by atoms with Gasteiger partial charge < -0.3 is 10.1 Å². The van der Waals surface area contributed by atoms with Crippen LogP contribution in [0.2, 0.25) is 0 Å². The molecule has 1 N–H and O–H groups in total. The lowest BCUT2D eigenvalue weighted by molar-refractivity contribution is 0.0595. The molecule has 0 heterocycles. The van der Waals surface area contributed by atoms with Gasteiger partial charge in [-0.3, -0.25) is 0 Å². The first-order chi connectivity index (χ1) is 8.46. The minimum absolute atomic E-state index is 0.0318. The van der Waals surface area contributed by atoms with E-state index in [1.807, 2.05) is 0 Å². The van der Waals surface area contributed by atoms with Crippen molar-refractivity contribution in [1.29, 1.82) is 0 Å². The Balaban J connectivity index is 2.16. The Morgan fingerprint density at radius 1 is 1.50 bits per heavy atom. The molecule has 0 amide bonds. The second-order valence-electron chi connectivity index (χ2n) is 5.21. The summed E-state index contributed by atoms with van der Waals surface area (Å²) in [6, 6.07) is 4.73. The molecule has 1 saturated carbocycles. The molecular formula is C14H18FNO2. The van der Waals surface area contributed by atoms with E-state index in [2.05, 4.69) is 23.9 Å². The van der Waals surface area contributed by atoms with Gasteiger partial charge in [-0.05, 0) is 43.4 Å². The minimum Gasteiger partial charge on any atom is -0.465 e. The van der Waals surface area contributed by atoms with E-state index in [1.54, 1.807) is 6.07 Å². The highest BCUT2D eigenvalue weighted by Crippen LogP contribution is 2.48.